The molecule has 0 amide bonds. The zero-order valence-corrected chi connectivity index (χ0v) is 16.2. The van der Waals surface area contributed by atoms with Gasteiger partial charge in [0.05, 0.1) is 12.3 Å². The molecule has 0 unspecified atom stereocenters. The maximum atomic E-state index is 5.83. The van der Waals surface area contributed by atoms with Crippen molar-refractivity contribution in [3.8, 4) is 17.1 Å². The quantitative estimate of drug-likeness (QED) is 0.595. The van der Waals surface area contributed by atoms with Gasteiger partial charge in [-0.3, -0.25) is 4.90 Å². The lowest BCUT2D eigenvalue weighted by molar-refractivity contribution is 0.156. The van der Waals surface area contributed by atoms with Crippen molar-refractivity contribution in [2.24, 2.45) is 5.92 Å². The van der Waals surface area contributed by atoms with Crippen molar-refractivity contribution >= 4 is 0 Å². The van der Waals surface area contributed by atoms with Gasteiger partial charge in [-0.05, 0) is 49.9 Å². The topological polar surface area (TPSA) is 38.2 Å². The molecule has 1 fully saturated rings. The van der Waals surface area contributed by atoms with Crippen molar-refractivity contribution in [1.29, 1.82) is 0 Å². The summed E-state index contributed by atoms with van der Waals surface area (Å²) in [5.41, 5.74) is 3.35. The van der Waals surface area contributed by atoms with E-state index in [0.29, 0.717) is 12.5 Å². The van der Waals surface area contributed by atoms with Crippen LogP contribution in [0.25, 0.3) is 11.3 Å². The van der Waals surface area contributed by atoms with E-state index in [4.69, 9.17) is 4.74 Å². The summed E-state index contributed by atoms with van der Waals surface area (Å²) >= 11 is 0. The molecule has 0 bridgehead atoms. The number of piperidine rings is 1. The fourth-order valence-corrected chi connectivity index (χ4v) is 3.76. The van der Waals surface area contributed by atoms with Gasteiger partial charge in [0.15, 0.2) is 0 Å². The minimum atomic E-state index is 0.612. The summed E-state index contributed by atoms with van der Waals surface area (Å²) in [6.45, 7) is 4.12. The number of benzene rings is 2. The van der Waals surface area contributed by atoms with E-state index in [-0.39, 0.29) is 0 Å². The van der Waals surface area contributed by atoms with Crippen LogP contribution in [0.1, 0.15) is 24.8 Å². The van der Waals surface area contributed by atoms with E-state index in [1.807, 2.05) is 42.5 Å². The molecule has 0 N–H and O–H groups in total. The van der Waals surface area contributed by atoms with Crippen molar-refractivity contribution in [2.75, 3.05) is 19.7 Å². The second kappa shape index (κ2) is 9.47. The SMILES string of the molecule is c1ccc(CN2CCC(CCOc3ccc(-c4ccccc4)nn3)CC2)cc1. The molecule has 1 aromatic heterocycles. The highest BCUT2D eigenvalue weighted by Crippen LogP contribution is 2.22. The van der Waals surface area contributed by atoms with Crippen LogP contribution in [-0.2, 0) is 6.54 Å². The Kier molecular flexibility index (Phi) is 6.30. The lowest BCUT2D eigenvalue weighted by atomic mass is 9.93. The summed E-state index contributed by atoms with van der Waals surface area (Å²) in [4.78, 5) is 2.56. The Morgan fingerprint density at radius 2 is 1.54 bits per heavy atom. The molecule has 4 nitrogen and oxygen atoms in total. The number of likely N-dealkylation sites (tertiary alicyclic amines) is 1. The fraction of sp³-hybridized carbons (Fsp3) is 0.333. The van der Waals surface area contributed by atoms with E-state index in [0.717, 1.165) is 30.1 Å². The van der Waals surface area contributed by atoms with E-state index in [9.17, 15) is 0 Å². The van der Waals surface area contributed by atoms with Crippen LogP contribution in [0.15, 0.2) is 72.8 Å². The van der Waals surface area contributed by atoms with Crippen molar-refractivity contribution in [3.05, 3.63) is 78.4 Å². The van der Waals surface area contributed by atoms with Crippen molar-refractivity contribution in [1.82, 2.24) is 15.1 Å². The molecule has 4 rings (SSSR count). The molecule has 2 heterocycles. The van der Waals surface area contributed by atoms with Crippen molar-refractivity contribution < 1.29 is 4.74 Å². The minimum absolute atomic E-state index is 0.612. The van der Waals surface area contributed by atoms with Crippen LogP contribution < -0.4 is 4.74 Å². The summed E-state index contributed by atoms with van der Waals surface area (Å²) in [5, 5.41) is 8.50. The van der Waals surface area contributed by atoms with E-state index >= 15 is 0 Å². The Morgan fingerprint density at radius 1 is 0.821 bits per heavy atom. The van der Waals surface area contributed by atoms with Gasteiger partial charge in [0, 0.05) is 18.2 Å². The molecule has 3 aromatic rings. The largest absolute Gasteiger partial charge is 0.477 e. The molecular weight excluding hydrogens is 346 g/mol. The third-order valence-electron chi connectivity index (χ3n) is 5.44. The molecule has 0 spiro atoms. The normalized spacial score (nSPS) is 15.4. The Bertz CT molecular complexity index is 829. The predicted octanol–water partition coefficient (Wildman–Crippen LogP) is 4.82. The van der Waals surface area contributed by atoms with Crippen LogP contribution in [0.3, 0.4) is 0 Å². The number of aromatic nitrogens is 2. The average Bonchev–Trinajstić information content (AvgIpc) is 2.77. The molecule has 4 heteroatoms. The molecule has 0 aliphatic carbocycles. The van der Waals surface area contributed by atoms with Crippen molar-refractivity contribution in [2.45, 2.75) is 25.8 Å². The molecule has 28 heavy (non-hydrogen) atoms. The molecule has 1 saturated heterocycles. The fourth-order valence-electron chi connectivity index (χ4n) is 3.76. The van der Waals surface area contributed by atoms with Gasteiger partial charge in [0.1, 0.15) is 0 Å². The number of hydrogen-bond acceptors (Lipinski definition) is 4. The number of ether oxygens (including phenoxy) is 1. The van der Waals surface area contributed by atoms with Gasteiger partial charge in [-0.25, -0.2) is 0 Å². The van der Waals surface area contributed by atoms with Gasteiger partial charge < -0.3 is 4.74 Å². The molecule has 144 valence electrons. The molecule has 0 atom stereocenters. The first-order chi connectivity index (χ1) is 13.9. The van der Waals surface area contributed by atoms with Gasteiger partial charge in [0.25, 0.3) is 0 Å². The number of nitrogens with zero attached hydrogens (tertiary/aromatic N) is 3. The Balaban J connectivity index is 1.18. The highest BCUT2D eigenvalue weighted by atomic mass is 16.5. The molecule has 1 aliphatic heterocycles. The second-order valence-corrected chi connectivity index (χ2v) is 7.47. The summed E-state index contributed by atoms with van der Waals surface area (Å²) in [5.74, 6) is 1.35. The van der Waals surface area contributed by atoms with E-state index in [2.05, 4.69) is 45.4 Å². The summed E-state index contributed by atoms with van der Waals surface area (Å²) < 4.78 is 5.83. The lowest BCUT2D eigenvalue weighted by Gasteiger charge is -2.31. The van der Waals surface area contributed by atoms with Crippen LogP contribution in [0, 0.1) is 5.92 Å². The van der Waals surface area contributed by atoms with Crippen LogP contribution in [-0.4, -0.2) is 34.8 Å². The van der Waals surface area contributed by atoms with Crippen LogP contribution >= 0.6 is 0 Å². The van der Waals surface area contributed by atoms with Crippen LogP contribution in [0.2, 0.25) is 0 Å². The zero-order chi connectivity index (χ0) is 19.0. The average molecular weight is 374 g/mol. The van der Waals surface area contributed by atoms with Gasteiger partial charge in [0.2, 0.25) is 5.88 Å². The van der Waals surface area contributed by atoms with E-state index in [1.54, 1.807) is 0 Å². The van der Waals surface area contributed by atoms with E-state index in [1.165, 1.54) is 31.5 Å². The van der Waals surface area contributed by atoms with Crippen LogP contribution in [0.4, 0.5) is 0 Å². The summed E-state index contributed by atoms with van der Waals surface area (Å²) in [6.07, 6.45) is 3.57. The molecule has 1 aliphatic rings. The molecular formula is C24H27N3O. The maximum Gasteiger partial charge on any atom is 0.233 e. The predicted molar refractivity (Wildman–Crippen MR) is 112 cm³/mol. The third kappa shape index (κ3) is 5.17. The first-order valence-electron chi connectivity index (χ1n) is 10.1. The third-order valence-corrected chi connectivity index (χ3v) is 5.44. The summed E-state index contributed by atoms with van der Waals surface area (Å²) in [6, 6.07) is 24.7. The first-order valence-corrected chi connectivity index (χ1v) is 10.1. The van der Waals surface area contributed by atoms with Gasteiger partial charge >= 0.3 is 0 Å². The summed E-state index contributed by atoms with van der Waals surface area (Å²) in [7, 11) is 0. The number of hydrogen-bond donors (Lipinski definition) is 0. The highest BCUT2D eigenvalue weighted by Gasteiger charge is 2.19. The Morgan fingerprint density at radius 3 is 2.21 bits per heavy atom. The van der Waals surface area contributed by atoms with Gasteiger partial charge in [-0.15, -0.1) is 10.2 Å². The smallest absolute Gasteiger partial charge is 0.233 e. The monoisotopic (exact) mass is 373 g/mol. The first kappa shape index (κ1) is 18.6. The van der Waals surface area contributed by atoms with Gasteiger partial charge in [-0.2, -0.15) is 0 Å². The molecule has 0 radical (unpaired) electrons. The standard InChI is InChI=1S/C24H27N3O/c1-3-7-21(8-4-1)19-27-16-13-20(14-17-27)15-18-28-24-12-11-23(25-26-24)22-9-5-2-6-10-22/h1-12,20H,13-19H2. The number of rotatable bonds is 7. The second-order valence-electron chi connectivity index (χ2n) is 7.47. The highest BCUT2D eigenvalue weighted by molar-refractivity contribution is 5.58. The minimum Gasteiger partial charge on any atom is -0.477 e. The lowest BCUT2D eigenvalue weighted by Crippen LogP contribution is -2.33. The Labute approximate surface area is 167 Å². The molecule has 0 saturated carbocycles. The van der Waals surface area contributed by atoms with Gasteiger partial charge in [-0.1, -0.05) is 60.7 Å². The molecule has 2 aromatic carbocycles. The maximum absolute atomic E-state index is 5.83. The zero-order valence-electron chi connectivity index (χ0n) is 16.2. The Hall–Kier alpha value is -2.72. The van der Waals surface area contributed by atoms with Crippen LogP contribution in [0.5, 0.6) is 5.88 Å². The van der Waals surface area contributed by atoms with E-state index < -0.39 is 0 Å². The van der Waals surface area contributed by atoms with Crippen molar-refractivity contribution in [3.63, 3.8) is 0 Å².